The summed E-state index contributed by atoms with van der Waals surface area (Å²) in [5.41, 5.74) is 8.67. The molecule has 1 amide bonds. The minimum absolute atomic E-state index is 0.202. The fourth-order valence-electron chi connectivity index (χ4n) is 2.58. The van der Waals surface area contributed by atoms with Crippen LogP contribution in [0, 0.1) is 0 Å². The molecule has 2 aliphatic rings. The average Bonchev–Trinajstić information content (AvgIpc) is 2.42. The molecule has 10 heteroatoms. The topological polar surface area (TPSA) is 132 Å². The summed E-state index contributed by atoms with van der Waals surface area (Å²) in [6.45, 7) is 4.46. The van der Waals surface area contributed by atoms with E-state index in [1.165, 1.54) is 13.8 Å². The molecular formula is C12H18N4O6. The third-order valence-electron chi connectivity index (χ3n) is 3.35. The van der Waals surface area contributed by atoms with Crippen molar-refractivity contribution < 1.29 is 28.5 Å². The van der Waals surface area contributed by atoms with Gasteiger partial charge in [-0.1, -0.05) is 5.11 Å². The van der Waals surface area contributed by atoms with Crippen molar-refractivity contribution in [3.8, 4) is 0 Å². The van der Waals surface area contributed by atoms with Crippen molar-refractivity contribution in [2.24, 2.45) is 5.11 Å². The molecule has 0 aromatic rings. The Balaban J connectivity index is 2.31. The van der Waals surface area contributed by atoms with E-state index < -0.39 is 42.8 Å². The van der Waals surface area contributed by atoms with Crippen molar-refractivity contribution in [2.75, 3.05) is 6.61 Å². The van der Waals surface area contributed by atoms with Crippen LogP contribution in [0.25, 0.3) is 10.4 Å². The second-order valence-corrected chi connectivity index (χ2v) is 5.07. The lowest BCUT2D eigenvalue weighted by Crippen LogP contribution is -2.67. The largest absolute Gasteiger partial charge is 0.457 e. The van der Waals surface area contributed by atoms with Gasteiger partial charge >= 0.3 is 5.97 Å². The van der Waals surface area contributed by atoms with Crippen LogP contribution in [-0.2, 0) is 28.5 Å². The molecule has 3 unspecified atom stereocenters. The lowest BCUT2D eigenvalue weighted by molar-refractivity contribution is -0.307. The summed E-state index contributed by atoms with van der Waals surface area (Å²) in [4.78, 5) is 25.5. The summed E-state index contributed by atoms with van der Waals surface area (Å²) in [7, 11) is 0. The molecule has 0 spiro atoms. The Morgan fingerprint density at radius 1 is 1.36 bits per heavy atom. The summed E-state index contributed by atoms with van der Waals surface area (Å²) in [6.07, 6.45) is -3.57. The minimum atomic E-state index is -1.03. The number of hydrogen-bond donors (Lipinski definition) is 1. The van der Waals surface area contributed by atoms with Gasteiger partial charge in [0.15, 0.2) is 18.6 Å². The summed E-state index contributed by atoms with van der Waals surface area (Å²) in [5.74, 6) is -0.911. The van der Waals surface area contributed by atoms with Gasteiger partial charge in [-0.15, -0.1) is 0 Å². The molecule has 1 N–H and O–H groups in total. The maximum absolute atomic E-state index is 11.4. The van der Waals surface area contributed by atoms with E-state index in [0.29, 0.717) is 0 Å². The Kier molecular flexibility index (Phi) is 5.19. The van der Waals surface area contributed by atoms with E-state index in [1.54, 1.807) is 6.92 Å². The molecule has 0 aromatic carbocycles. The Bertz CT molecular complexity index is 494. The third-order valence-corrected chi connectivity index (χ3v) is 3.35. The first-order valence-electron chi connectivity index (χ1n) is 6.83. The van der Waals surface area contributed by atoms with Gasteiger partial charge in [0.05, 0.1) is 6.61 Å². The van der Waals surface area contributed by atoms with Crippen LogP contribution in [0.2, 0.25) is 0 Å². The van der Waals surface area contributed by atoms with Crippen molar-refractivity contribution in [2.45, 2.75) is 57.6 Å². The zero-order valence-corrected chi connectivity index (χ0v) is 12.5. The Morgan fingerprint density at radius 3 is 2.68 bits per heavy atom. The van der Waals surface area contributed by atoms with Gasteiger partial charge in [-0.05, 0) is 12.5 Å². The van der Waals surface area contributed by atoms with E-state index in [9.17, 15) is 9.59 Å². The molecule has 0 radical (unpaired) electrons. The van der Waals surface area contributed by atoms with Gasteiger partial charge in [0, 0.05) is 18.8 Å². The monoisotopic (exact) mass is 314 g/mol. The highest BCUT2D eigenvalue weighted by atomic mass is 16.7. The molecule has 2 aliphatic heterocycles. The van der Waals surface area contributed by atoms with E-state index >= 15 is 0 Å². The number of rotatable bonds is 3. The Morgan fingerprint density at radius 2 is 2.09 bits per heavy atom. The quantitative estimate of drug-likeness (QED) is 0.343. The maximum Gasteiger partial charge on any atom is 0.303 e. The van der Waals surface area contributed by atoms with Gasteiger partial charge in [-0.2, -0.15) is 0 Å². The molecule has 2 heterocycles. The summed E-state index contributed by atoms with van der Waals surface area (Å²) >= 11 is 0. The molecule has 0 saturated carbocycles. The van der Waals surface area contributed by atoms with E-state index in [2.05, 4.69) is 15.3 Å². The van der Waals surface area contributed by atoms with Gasteiger partial charge < -0.3 is 24.3 Å². The molecule has 0 bridgehead atoms. The van der Waals surface area contributed by atoms with Crippen LogP contribution in [-0.4, -0.2) is 55.4 Å². The number of azide groups is 1. The van der Waals surface area contributed by atoms with E-state index in [-0.39, 0.29) is 12.5 Å². The van der Waals surface area contributed by atoms with E-state index in [4.69, 9.17) is 24.5 Å². The van der Waals surface area contributed by atoms with Crippen molar-refractivity contribution in [1.82, 2.24) is 5.32 Å². The fourth-order valence-corrected chi connectivity index (χ4v) is 2.58. The number of nitrogens with zero attached hydrogens (tertiary/aromatic N) is 3. The fraction of sp³-hybridized carbons (Fsp3) is 0.833. The Hall–Kier alpha value is -1.87. The number of hydrogen-bond acceptors (Lipinski definition) is 7. The predicted octanol–water partition coefficient (Wildman–Crippen LogP) is 0.219. The summed E-state index contributed by atoms with van der Waals surface area (Å²) in [5, 5.41) is 6.12. The SMILES string of the molecule is CC(=O)NC1[C@H](N=[N+]=[N-])OC2COC(C)O[C@@H]2[C@@H]1OC(C)=O. The van der Waals surface area contributed by atoms with E-state index in [0.717, 1.165) is 0 Å². The molecule has 6 atom stereocenters. The van der Waals surface area contributed by atoms with Crippen LogP contribution >= 0.6 is 0 Å². The maximum atomic E-state index is 11.4. The first-order chi connectivity index (χ1) is 10.4. The highest BCUT2D eigenvalue weighted by Gasteiger charge is 2.51. The second-order valence-electron chi connectivity index (χ2n) is 5.07. The molecular weight excluding hydrogens is 296 g/mol. The molecule has 2 rings (SSSR count). The van der Waals surface area contributed by atoms with Gasteiger partial charge in [-0.25, -0.2) is 0 Å². The van der Waals surface area contributed by atoms with Gasteiger partial charge in [-0.3, -0.25) is 9.59 Å². The molecule has 2 fully saturated rings. The first-order valence-corrected chi connectivity index (χ1v) is 6.83. The van der Waals surface area contributed by atoms with Gasteiger partial charge in [0.2, 0.25) is 5.91 Å². The summed E-state index contributed by atoms with van der Waals surface area (Å²) in [6, 6.07) is -0.844. The lowest BCUT2D eigenvalue weighted by atomic mass is 9.95. The first kappa shape index (κ1) is 16.5. The second kappa shape index (κ2) is 6.93. The van der Waals surface area contributed by atoms with Gasteiger partial charge in [0.1, 0.15) is 18.2 Å². The predicted molar refractivity (Wildman–Crippen MR) is 71.3 cm³/mol. The number of esters is 1. The standard InChI is InChI=1S/C12H18N4O6/c1-5(17)14-9-11(20-6(2)18)10-8(4-19-7(3)21-10)22-12(9)15-16-13/h7-12H,4H2,1-3H3,(H,14,17)/t7?,8?,9?,10-,11+,12+/m0/s1. The molecule has 22 heavy (non-hydrogen) atoms. The van der Waals surface area contributed by atoms with Gasteiger partial charge in [0.25, 0.3) is 0 Å². The van der Waals surface area contributed by atoms with Crippen LogP contribution in [0.3, 0.4) is 0 Å². The summed E-state index contributed by atoms with van der Waals surface area (Å²) < 4.78 is 21.9. The van der Waals surface area contributed by atoms with Crippen LogP contribution in [0.15, 0.2) is 5.11 Å². The number of amides is 1. The average molecular weight is 314 g/mol. The molecule has 122 valence electrons. The zero-order chi connectivity index (χ0) is 16.3. The van der Waals surface area contributed by atoms with E-state index in [1.807, 2.05) is 0 Å². The molecule has 0 aliphatic carbocycles. The van der Waals surface area contributed by atoms with Crippen molar-refractivity contribution in [3.05, 3.63) is 10.4 Å². The van der Waals surface area contributed by atoms with Crippen LogP contribution < -0.4 is 5.32 Å². The highest BCUT2D eigenvalue weighted by Crippen LogP contribution is 2.31. The van der Waals surface area contributed by atoms with Crippen LogP contribution in [0.5, 0.6) is 0 Å². The lowest BCUT2D eigenvalue weighted by Gasteiger charge is -2.47. The molecule has 10 nitrogen and oxygen atoms in total. The minimum Gasteiger partial charge on any atom is -0.457 e. The third kappa shape index (κ3) is 3.66. The number of ether oxygens (including phenoxy) is 4. The van der Waals surface area contributed by atoms with Crippen molar-refractivity contribution >= 4 is 11.9 Å². The number of fused-ring (bicyclic) bond motifs is 1. The smallest absolute Gasteiger partial charge is 0.303 e. The number of carbonyl (C=O) groups is 2. The normalized spacial score (nSPS) is 37.4. The highest BCUT2D eigenvalue weighted by molar-refractivity contribution is 5.73. The number of nitrogens with one attached hydrogen (secondary N) is 1. The van der Waals surface area contributed by atoms with Crippen molar-refractivity contribution in [1.29, 1.82) is 0 Å². The zero-order valence-electron chi connectivity index (χ0n) is 12.5. The van der Waals surface area contributed by atoms with Crippen LogP contribution in [0.4, 0.5) is 0 Å². The number of carbonyl (C=O) groups excluding carboxylic acids is 2. The Labute approximate surface area is 126 Å². The van der Waals surface area contributed by atoms with Crippen LogP contribution in [0.1, 0.15) is 20.8 Å². The van der Waals surface area contributed by atoms with Crippen molar-refractivity contribution in [3.63, 3.8) is 0 Å². The molecule has 0 aromatic heterocycles. The molecule has 2 saturated heterocycles.